The maximum atomic E-state index is 12.2. The molecule has 0 N–H and O–H groups in total. The molecule has 0 saturated carbocycles. The molecule has 0 unspecified atom stereocenters. The number of piperazine rings is 1. The van der Waals surface area contributed by atoms with Gasteiger partial charge in [-0.05, 0) is 25.2 Å². The number of anilines is 1. The zero-order valence-electron chi connectivity index (χ0n) is 13.1. The van der Waals surface area contributed by atoms with Gasteiger partial charge in [0.2, 0.25) is 5.91 Å². The summed E-state index contributed by atoms with van der Waals surface area (Å²) in [6.45, 7) is 6.11. The van der Waals surface area contributed by atoms with Gasteiger partial charge in [-0.2, -0.15) is 0 Å². The van der Waals surface area contributed by atoms with Gasteiger partial charge >= 0.3 is 0 Å². The highest BCUT2D eigenvalue weighted by Gasteiger charge is 2.23. The van der Waals surface area contributed by atoms with Crippen LogP contribution in [0.2, 0.25) is 0 Å². The monoisotopic (exact) mass is 321 g/mol. The molecule has 0 bridgehead atoms. The fourth-order valence-electron chi connectivity index (χ4n) is 3.00. The maximum absolute atomic E-state index is 12.2. The summed E-state index contributed by atoms with van der Waals surface area (Å²) >= 11 is 1.56. The molecule has 1 aromatic rings. The smallest absolute Gasteiger partial charge is 0.236 e. The first-order valence-corrected chi connectivity index (χ1v) is 9.11. The summed E-state index contributed by atoms with van der Waals surface area (Å²) in [6, 6.07) is 1.96. The van der Waals surface area contributed by atoms with Gasteiger partial charge in [-0.1, -0.05) is 11.8 Å². The average Bonchev–Trinajstić information content (AvgIpc) is 3.10. The van der Waals surface area contributed by atoms with Crippen LogP contribution in [0.5, 0.6) is 0 Å². The topological polar surface area (TPSA) is 52.6 Å². The van der Waals surface area contributed by atoms with E-state index in [9.17, 15) is 4.79 Å². The molecule has 1 aromatic heterocycles. The van der Waals surface area contributed by atoms with Gasteiger partial charge in [0.1, 0.15) is 5.82 Å². The van der Waals surface area contributed by atoms with E-state index in [0.29, 0.717) is 6.54 Å². The molecule has 1 amide bonds. The summed E-state index contributed by atoms with van der Waals surface area (Å²) in [5.74, 6) is 1.28. The second-order valence-electron chi connectivity index (χ2n) is 5.75. The molecule has 2 aliphatic rings. The number of rotatable bonds is 4. The third-order valence-corrected chi connectivity index (χ3v) is 4.88. The standard InChI is InChI=1S/C15H23N5OS/c1-22-15-16-5-4-13(17-15)19-10-8-18(9-11-19)12-14(21)20-6-2-3-7-20/h4-5H,2-3,6-12H2,1H3. The quantitative estimate of drug-likeness (QED) is 0.608. The predicted molar refractivity (Wildman–Crippen MR) is 88.3 cm³/mol. The molecule has 2 fully saturated rings. The van der Waals surface area contributed by atoms with Crippen molar-refractivity contribution in [3.05, 3.63) is 12.3 Å². The summed E-state index contributed by atoms with van der Waals surface area (Å²) in [5.41, 5.74) is 0. The van der Waals surface area contributed by atoms with Gasteiger partial charge in [0.05, 0.1) is 6.54 Å². The van der Waals surface area contributed by atoms with Gasteiger partial charge in [0, 0.05) is 45.5 Å². The molecule has 120 valence electrons. The van der Waals surface area contributed by atoms with Crippen LogP contribution in [0.25, 0.3) is 0 Å². The Morgan fingerprint density at radius 2 is 1.91 bits per heavy atom. The molecule has 0 radical (unpaired) electrons. The van der Waals surface area contributed by atoms with Gasteiger partial charge in [-0.3, -0.25) is 9.69 Å². The molecule has 0 aromatic carbocycles. The number of nitrogens with zero attached hydrogens (tertiary/aromatic N) is 5. The Kier molecular flexibility index (Phi) is 5.15. The second kappa shape index (κ2) is 7.28. The minimum atomic E-state index is 0.289. The van der Waals surface area contributed by atoms with Gasteiger partial charge in [-0.25, -0.2) is 9.97 Å². The third-order valence-electron chi connectivity index (χ3n) is 4.32. The summed E-state index contributed by atoms with van der Waals surface area (Å²) in [6.07, 6.45) is 6.12. The third kappa shape index (κ3) is 3.70. The first kappa shape index (κ1) is 15.6. The lowest BCUT2D eigenvalue weighted by atomic mass is 10.3. The van der Waals surface area contributed by atoms with Crippen molar-refractivity contribution in [2.24, 2.45) is 0 Å². The maximum Gasteiger partial charge on any atom is 0.236 e. The van der Waals surface area contributed by atoms with Crippen molar-refractivity contribution >= 4 is 23.5 Å². The first-order chi connectivity index (χ1) is 10.8. The van der Waals surface area contributed by atoms with E-state index in [1.807, 2.05) is 23.4 Å². The predicted octanol–water partition coefficient (Wildman–Crippen LogP) is 0.943. The highest BCUT2D eigenvalue weighted by atomic mass is 32.2. The second-order valence-corrected chi connectivity index (χ2v) is 6.53. The van der Waals surface area contributed by atoms with E-state index in [2.05, 4.69) is 19.8 Å². The number of carbonyl (C=O) groups excluding carboxylic acids is 1. The molecule has 3 heterocycles. The van der Waals surface area contributed by atoms with E-state index in [-0.39, 0.29) is 5.91 Å². The van der Waals surface area contributed by atoms with Crippen LogP contribution in [0.4, 0.5) is 5.82 Å². The number of carbonyl (C=O) groups is 1. The molecule has 0 spiro atoms. The van der Waals surface area contributed by atoms with Crippen LogP contribution < -0.4 is 4.90 Å². The van der Waals surface area contributed by atoms with Gasteiger partial charge in [0.25, 0.3) is 0 Å². The lowest BCUT2D eigenvalue weighted by Gasteiger charge is -2.35. The van der Waals surface area contributed by atoms with Gasteiger partial charge < -0.3 is 9.80 Å². The van der Waals surface area contributed by atoms with E-state index in [0.717, 1.165) is 63.1 Å². The molecular formula is C15H23N5OS. The number of thioether (sulfide) groups is 1. The van der Waals surface area contributed by atoms with Crippen molar-refractivity contribution in [2.45, 2.75) is 18.0 Å². The Hall–Kier alpha value is -1.34. The van der Waals surface area contributed by atoms with Crippen LogP contribution in [-0.4, -0.2) is 77.7 Å². The average molecular weight is 321 g/mol. The normalized spacial score (nSPS) is 19.7. The molecule has 2 aliphatic heterocycles. The fourth-order valence-corrected chi connectivity index (χ4v) is 3.35. The fraction of sp³-hybridized carbons (Fsp3) is 0.667. The van der Waals surface area contributed by atoms with Crippen LogP contribution in [0.1, 0.15) is 12.8 Å². The van der Waals surface area contributed by atoms with E-state index < -0.39 is 0 Å². The largest absolute Gasteiger partial charge is 0.354 e. The lowest BCUT2D eigenvalue weighted by molar-refractivity contribution is -0.131. The van der Waals surface area contributed by atoms with E-state index in [4.69, 9.17) is 0 Å². The highest BCUT2D eigenvalue weighted by Crippen LogP contribution is 2.17. The Morgan fingerprint density at radius 3 is 2.59 bits per heavy atom. The molecule has 3 rings (SSSR count). The van der Waals surface area contributed by atoms with Gasteiger partial charge in [0.15, 0.2) is 5.16 Å². The van der Waals surface area contributed by atoms with E-state index >= 15 is 0 Å². The Morgan fingerprint density at radius 1 is 1.18 bits per heavy atom. The summed E-state index contributed by atoms with van der Waals surface area (Å²) in [4.78, 5) is 27.5. The van der Waals surface area contributed by atoms with Crippen molar-refractivity contribution in [2.75, 3.05) is 57.0 Å². The number of hydrogen-bond acceptors (Lipinski definition) is 6. The molecule has 2 saturated heterocycles. The molecule has 0 aliphatic carbocycles. The highest BCUT2D eigenvalue weighted by molar-refractivity contribution is 7.98. The molecule has 7 heteroatoms. The minimum Gasteiger partial charge on any atom is -0.354 e. The Bertz CT molecular complexity index is 512. The molecule has 6 nitrogen and oxygen atoms in total. The zero-order chi connectivity index (χ0) is 15.4. The first-order valence-electron chi connectivity index (χ1n) is 7.88. The van der Waals surface area contributed by atoms with Crippen molar-refractivity contribution in [3.63, 3.8) is 0 Å². The molecule has 22 heavy (non-hydrogen) atoms. The van der Waals surface area contributed by atoms with Crippen LogP contribution >= 0.6 is 11.8 Å². The molecule has 0 atom stereocenters. The van der Waals surface area contributed by atoms with Crippen molar-refractivity contribution in [1.82, 2.24) is 19.8 Å². The van der Waals surface area contributed by atoms with Gasteiger partial charge in [-0.15, -0.1) is 0 Å². The van der Waals surface area contributed by atoms with Crippen LogP contribution in [-0.2, 0) is 4.79 Å². The van der Waals surface area contributed by atoms with Crippen molar-refractivity contribution in [3.8, 4) is 0 Å². The summed E-state index contributed by atoms with van der Waals surface area (Å²) in [5, 5.41) is 0.809. The van der Waals surface area contributed by atoms with Crippen LogP contribution in [0.15, 0.2) is 17.4 Å². The van der Waals surface area contributed by atoms with E-state index in [1.54, 1.807) is 11.8 Å². The molecular weight excluding hydrogens is 298 g/mol. The summed E-state index contributed by atoms with van der Waals surface area (Å²) < 4.78 is 0. The number of hydrogen-bond donors (Lipinski definition) is 0. The van der Waals surface area contributed by atoms with Crippen LogP contribution in [0, 0.1) is 0 Å². The summed E-state index contributed by atoms with van der Waals surface area (Å²) in [7, 11) is 0. The van der Waals surface area contributed by atoms with Crippen molar-refractivity contribution < 1.29 is 4.79 Å². The SMILES string of the molecule is CSc1nccc(N2CCN(CC(=O)N3CCCC3)CC2)n1. The van der Waals surface area contributed by atoms with Crippen LogP contribution in [0.3, 0.4) is 0 Å². The van der Waals surface area contributed by atoms with Crippen molar-refractivity contribution in [1.29, 1.82) is 0 Å². The number of likely N-dealkylation sites (tertiary alicyclic amines) is 1. The minimum absolute atomic E-state index is 0.289. The van der Waals surface area contributed by atoms with E-state index in [1.165, 1.54) is 0 Å². The Balaban J connectivity index is 1.50. The number of amides is 1. The number of aromatic nitrogens is 2. The zero-order valence-corrected chi connectivity index (χ0v) is 13.9. The lowest BCUT2D eigenvalue weighted by Crippen LogP contribution is -2.50. The Labute approximate surface area is 135 Å².